The van der Waals surface area contributed by atoms with Gasteiger partial charge in [0.25, 0.3) is 0 Å². The first kappa shape index (κ1) is 15.4. The van der Waals surface area contributed by atoms with Crippen molar-refractivity contribution in [3.8, 4) is 0 Å². The maximum atomic E-state index is 13.6. The van der Waals surface area contributed by atoms with Crippen LogP contribution in [0.25, 0.3) is 0 Å². The molecule has 0 saturated carbocycles. The largest absolute Gasteiger partial charge is 0.464 e. The Balaban J connectivity index is 3.04. The third-order valence-corrected chi connectivity index (χ3v) is 2.62. The molecule has 0 aliphatic heterocycles. The number of aliphatic hydroxyl groups is 1. The number of hydrogen-bond acceptors (Lipinski definition) is 4. The molecule has 0 spiro atoms. The summed E-state index contributed by atoms with van der Waals surface area (Å²) in [7, 11) is 0. The van der Waals surface area contributed by atoms with Gasteiger partial charge in [0.1, 0.15) is 11.9 Å². The molecule has 2 unspecified atom stereocenters. The van der Waals surface area contributed by atoms with E-state index in [4.69, 9.17) is 16.3 Å². The molecule has 2 atom stereocenters. The molecule has 5 nitrogen and oxygen atoms in total. The minimum atomic E-state index is -1.59. The van der Waals surface area contributed by atoms with Crippen molar-refractivity contribution < 1.29 is 23.8 Å². The quantitative estimate of drug-likeness (QED) is 0.609. The minimum Gasteiger partial charge on any atom is -0.464 e. The van der Waals surface area contributed by atoms with Crippen molar-refractivity contribution >= 4 is 24.0 Å². The number of halogens is 2. The predicted octanol–water partition coefficient (Wildman–Crippen LogP) is 1.19. The maximum absolute atomic E-state index is 13.6. The number of nitrogens with one attached hydrogen (secondary N) is 1. The molecule has 0 heterocycles. The number of hydrogen-bond donors (Lipinski definition) is 2. The highest BCUT2D eigenvalue weighted by Gasteiger charge is 2.30. The third kappa shape index (κ3) is 3.90. The van der Waals surface area contributed by atoms with Gasteiger partial charge in [-0.1, -0.05) is 11.6 Å². The molecule has 0 aliphatic carbocycles. The van der Waals surface area contributed by atoms with E-state index in [0.29, 0.717) is 0 Å². The fourth-order valence-electron chi connectivity index (χ4n) is 1.51. The fraction of sp³-hybridized carbons (Fsp3) is 0.333. The van der Waals surface area contributed by atoms with Crippen LogP contribution in [0.5, 0.6) is 0 Å². The first-order valence-corrected chi connectivity index (χ1v) is 5.88. The van der Waals surface area contributed by atoms with Crippen LogP contribution in [0.2, 0.25) is 5.02 Å². The number of aliphatic hydroxyl groups excluding tert-OH is 1. The van der Waals surface area contributed by atoms with Gasteiger partial charge < -0.3 is 15.2 Å². The van der Waals surface area contributed by atoms with Gasteiger partial charge in [-0.3, -0.25) is 4.79 Å². The summed E-state index contributed by atoms with van der Waals surface area (Å²) in [6.07, 6.45) is -1.37. The molecule has 1 amide bonds. The summed E-state index contributed by atoms with van der Waals surface area (Å²) in [6.45, 7) is 1.64. The lowest BCUT2D eigenvalue weighted by atomic mass is 10.0. The highest BCUT2D eigenvalue weighted by molar-refractivity contribution is 6.30. The topological polar surface area (TPSA) is 75.6 Å². The number of amides is 1. The van der Waals surface area contributed by atoms with Gasteiger partial charge in [-0.05, 0) is 25.1 Å². The molecule has 0 saturated heterocycles. The van der Waals surface area contributed by atoms with E-state index < -0.39 is 23.9 Å². The molecule has 19 heavy (non-hydrogen) atoms. The standard InChI is InChI=1S/C12H13ClFNO4/c1-2-19-12(18)10(15-6-16)11(17)8-5-7(13)3-4-9(8)14/h3-6,10-11,17H,2H2,1H3,(H,15,16). The van der Waals surface area contributed by atoms with Crippen molar-refractivity contribution in [3.05, 3.63) is 34.6 Å². The first-order chi connectivity index (χ1) is 9.01. The Morgan fingerprint density at radius 3 is 2.89 bits per heavy atom. The lowest BCUT2D eigenvalue weighted by Crippen LogP contribution is -2.42. The van der Waals surface area contributed by atoms with E-state index in [0.717, 1.165) is 6.07 Å². The zero-order valence-electron chi connectivity index (χ0n) is 10.1. The summed E-state index contributed by atoms with van der Waals surface area (Å²) in [5.74, 6) is -1.60. The van der Waals surface area contributed by atoms with Gasteiger partial charge in [-0.25, -0.2) is 9.18 Å². The lowest BCUT2D eigenvalue weighted by Gasteiger charge is -2.21. The van der Waals surface area contributed by atoms with Crippen molar-refractivity contribution in [1.29, 1.82) is 0 Å². The second-order valence-electron chi connectivity index (χ2n) is 3.62. The van der Waals surface area contributed by atoms with Crippen molar-refractivity contribution in [2.75, 3.05) is 6.61 Å². The zero-order chi connectivity index (χ0) is 14.4. The van der Waals surface area contributed by atoms with Gasteiger partial charge in [0.15, 0.2) is 6.04 Å². The van der Waals surface area contributed by atoms with E-state index in [2.05, 4.69) is 5.32 Å². The van der Waals surface area contributed by atoms with Crippen molar-refractivity contribution in [3.63, 3.8) is 0 Å². The van der Waals surface area contributed by atoms with Crippen LogP contribution in [0.15, 0.2) is 18.2 Å². The molecular formula is C12H13ClFNO4. The number of rotatable bonds is 6. The van der Waals surface area contributed by atoms with E-state index in [1.165, 1.54) is 12.1 Å². The van der Waals surface area contributed by atoms with Crippen LogP contribution in [-0.2, 0) is 14.3 Å². The van der Waals surface area contributed by atoms with Crippen LogP contribution in [-0.4, -0.2) is 30.1 Å². The Morgan fingerprint density at radius 1 is 1.63 bits per heavy atom. The average Bonchev–Trinajstić information content (AvgIpc) is 2.38. The summed E-state index contributed by atoms with van der Waals surface area (Å²) in [5.41, 5.74) is -0.195. The van der Waals surface area contributed by atoms with Crippen LogP contribution in [0, 0.1) is 5.82 Å². The van der Waals surface area contributed by atoms with Crippen LogP contribution in [0.1, 0.15) is 18.6 Å². The van der Waals surface area contributed by atoms with Gasteiger partial charge in [0.2, 0.25) is 6.41 Å². The molecule has 0 aromatic heterocycles. The molecule has 2 N–H and O–H groups in total. The fourth-order valence-corrected chi connectivity index (χ4v) is 1.69. The van der Waals surface area contributed by atoms with E-state index in [1.54, 1.807) is 6.92 Å². The Bertz CT molecular complexity index is 469. The van der Waals surface area contributed by atoms with Crippen molar-refractivity contribution in [2.45, 2.75) is 19.1 Å². The highest BCUT2D eigenvalue weighted by Crippen LogP contribution is 2.24. The minimum absolute atomic E-state index is 0.0701. The number of benzene rings is 1. The Hall–Kier alpha value is -1.66. The van der Waals surface area contributed by atoms with Crippen LogP contribution >= 0.6 is 11.6 Å². The maximum Gasteiger partial charge on any atom is 0.331 e. The normalized spacial score (nSPS) is 13.5. The smallest absolute Gasteiger partial charge is 0.331 e. The number of carbonyl (C=O) groups excluding carboxylic acids is 2. The van der Waals surface area contributed by atoms with Crippen molar-refractivity contribution in [1.82, 2.24) is 5.32 Å². The zero-order valence-corrected chi connectivity index (χ0v) is 10.9. The highest BCUT2D eigenvalue weighted by atomic mass is 35.5. The molecule has 0 radical (unpaired) electrons. The van der Waals surface area contributed by atoms with Gasteiger partial charge in [-0.15, -0.1) is 0 Å². The van der Waals surface area contributed by atoms with E-state index in [9.17, 15) is 19.1 Å². The summed E-state index contributed by atoms with van der Waals surface area (Å²) < 4.78 is 18.3. The molecule has 0 bridgehead atoms. The molecule has 104 valence electrons. The van der Waals surface area contributed by atoms with E-state index >= 15 is 0 Å². The monoisotopic (exact) mass is 289 g/mol. The van der Waals surface area contributed by atoms with Crippen LogP contribution in [0.3, 0.4) is 0 Å². The summed E-state index contributed by atoms with van der Waals surface area (Å²) in [5, 5.41) is 12.3. The molecule has 1 aromatic carbocycles. The molecule has 0 aliphatic rings. The van der Waals surface area contributed by atoms with Crippen LogP contribution < -0.4 is 5.32 Å². The number of carbonyl (C=O) groups is 2. The third-order valence-electron chi connectivity index (χ3n) is 2.38. The van der Waals surface area contributed by atoms with E-state index in [-0.39, 0.29) is 23.6 Å². The average molecular weight is 290 g/mol. The van der Waals surface area contributed by atoms with E-state index in [1.807, 2.05) is 0 Å². The Labute approximate surface area is 114 Å². The molecule has 1 aromatic rings. The first-order valence-electron chi connectivity index (χ1n) is 5.50. The van der Waals surface area contributed by atoms with Gasteiger partial charge in [-0.2, -0.15) is 0 Å². The van der Waals surface area contributed by atoms with Gasteiger partial charge in [0.05, 0.1) is 6.61 Å². The van der Waals surface area contributed by atoms with Gasteiger partial charge in [0, 0.05) is 10.6 Å². The molecule has 0 fully saturated rings. The SMILES string of the molecule is CCOC(=O)C(NC=O)C(O)c1cc(Cl)ccc1F. The number of esters is 1. The lowest BCUT2D eigenvalue weighted by molar-refractivity contribution is -0.149. The Morgan fingerprint density at radius 2 is 2.32 bits per heavy atom. The number of ether oxygens (including phenoxy) is 1. The summed E-state index contributed by atoms with van der Waals surface area (Å²) in [4.78, 5) is 22.0. The second kappa shape index (κ2) is 7.06. The molecule has 1 rings (SSSR count). The Kier molecular flexibility index (Phi) is 5.72. The molecule has 7 heteroatoms. The second-order valence-corrected chi connectivity index (χ2v) is 4.06. The summed E-state index contributed by atoms with van der Waals surface area (Å²) >= 11 is 5.70. The molecular weight excluding hydrogens is 277 g/mol. The van der Waals surface area contributed by atoms with Crippen molar-refractivity contribution in [2.24, 2.45) is 0 Å². The van der Waals surface area contributed by atoms with Gasteiger partial charge >= 0.3 is 5.97 Å². The van der Waals surface area contributed by atoms with Crippen LogP contribution in [0.4, 0.5) is 4.39 Å². The summed E-state index contributed by atoms with van der Waals surface area (Å²) in [6, 6.07) is 2.15. The predicted molar refractivity (Wildman–Crippen MR) is 66.0 cm³/mol.